The predicted octanol–water partition coefficient (Wildman–Crippen LogP) is 5.59. The van der Waals surface area contributed by atoms with Crippen molar-refractivity contribution in [3.63, 3.8) is 0 Å². The summed E-state index contributed by atoms with van der Waals surface area (Å²) in [6.07, 6.45) is 12.4. The highest BCUT2D eigenvalue weighted by atomic mass is 16.2. The smallest absolute Gasteiger partial charge is 0.243 e. The van der Waals surface area contributed by atoms with E-state index >= 15 is 0 Å². The van der Waals surface area contributed by atoms with Crippen molar-refractivity contribution in [2.45, 2.75) is 167 Å². The van der Waals surface area contributed by atoms with Crippen molar-refractivity contribution in [1.82, 2.24) is 57.5 Å². The van der Waals surface area contributed by atoms with E-state index in [4.69, 9.17) is 10.7 Å². The molecular formula is C69H93N17O8. The Hall–Kier alpha value is -9.39. The molecule has 4 aromatic carbocycles. The van der Waals surface area contributed by atoms with E-state index in [1.165, 1.54) is 19.4 Å². The van der Waals surface area contributed by atoms with Crippen molar-refractivity contribution in [2.75, 3.05) is 56.1 Å². The molecule has 1 saturated heterocycles. The standard InChI is InChI=1S/C69H93N17O8/c1-6-19-57(78-63(88)43-74-66(91)58(38-46-20-11-9-12-21-46)80-67(92)56-25-17-36-72-56)68(93)81-59(39-49-42-71-44-75-49)69(94)76-45(4)65(90)79-55(64(70)89)24-15-16-35-73-62(87)26-18-37-84(5)50-30-27-47(28-31-50)82-83-48-29-33-53-60(40-48)86(51-22-13-10-14-23-51)61-41-52(85(7-2)8-3)32-34-54(61)77-53/h10,13-14,22-23,27-34,40-42,44-46,55-59,72H,6-9,11-12,15-21,24-26,35-39,43H2,1-5H3,(H9-,70,71,73,74,75,76,78,79,80,81,87,88,89,90,91,92,93,94)/t45-,55-,56-,57-,58-,59-/m0/s1. The number of nitrogens with one attached hydrogen (secondary N) is 8. The molecule has 1 aliphatic heterocycles. The van der Waals surface area contributed by atoms with Crippen molar-refractivity contribution in [2.24, 2.45) is 21.9 Å². The molecule has 1 aliphatic carbocycles. The summed E-state index contributed by atoms with van der Waals surface area (Å²) in [7, 11) is 1.96. The van der Waals surface area contributed by atoms with Crippen LogP contribution in [-0.2, 0) is 44.8 Å². The summed E-state index contributed by atoms with van der Waals surface area (Å²) in [6.45, 7) is 10.6. The van der Waals surface area contributed by atoms with Gasteiger partial charge < -0.3 is 68.0 Å². The number of carbonyl (C=O) groups is 8. The number of nitrogens with two attached hydrogens (primary N) is 1. The molecule has 0 radical (unpaired) electrons. The van der Waals surface area contributed by atoms with E-state index in [0.717, 1.165) is 97.3 Å². The number of fused-ring (bicyclic) bond motifs is 2. The fraction of sp³-hybridized carbons (Fsp3) is 0.493. The Bertz CT molecular complexity index is 3540. The Morgan fingerprint density at radius 2 is 1.37 bits per heavy atom. The topological polar surface area (TPSA) is 334 Å². The lowest BCUT2D eigenvalue weighted by Crippen LogP contribution is -2.58. The first-order chi connectivity index (χ1) is 45.5. The fourth-order valence-corrected chi connectivity index (χ4v) is 12.1. The molecule has 8 amide bonds. The first kappa shape index (κ1) is 70.5. The molecule has 3 heterocycles. The van der Waals surface area contributed by atoms with Gasteiger partial charge in [-0.25, -0.2) is 4.98 Å². The van der Waals surface area contributed by atoms with Gasteiger partial charge in [0, 0.05) is 75.3 Å². The minimum absolute atomic E-state index is 0.109. The van der Waals surface area contributed by atoms with Crippen LogP contribution in [-0.4, -0.2) is 140 Å². The molecule has 8 rings (SSSR count). The van der Waals surface area contributed by atoms with E-state index in [0.29, 0.717) is 75.1 Å². The molecule has 1 saturated carbocycles. The molecule has 2 fully saturated rings. The van der Waals surface area contributed by atoms with E-state index in [1.807, 2.05) is 74.6 Å². The number of benzene rings is 4. The SMILES string of the molecule is CCC[C@H](NC(=O)CNC(=O)[C@H](CC1CCCCC1)NC(=O)[C@@H]1CCCN1)C(=O)N[C@@H](Cc1c[n-]cn1)C(=O)N[C@@H](C)C(=O)N[C@@H](CCCCNC(=O)CCCN(C)c1ccc(N=Nc2ccc3nc4ccc(N(CC)CC)cc4[n+](-c4ccccc4)c3c2)cc1)C(N)=O. The average Bonchev–Trinajstić information content (AvgIpc) is 0.765. The lowest BCUT2D eigenvalue weighted by Gasteiger charge is -2.27. The van der Waals surface area contributed by atoms with Crippen LogP contribution in [0.15, 0.2) is 114 Å². The van der Waals surface area contributed by atoms with Crippen LogP contribution in [0.3, 0.4) is 0 Å². The number of nitrogens with zero attached hydrogens (tertiary/aromatic N) is 8. The molecule has 0 unspecified atom stereocenters. The third-order valence-corrected chi connectivity index (χ3v) is 17.4. The summed E-state index contributed by atoms with van der Waals surface area (Å²) in [5.41, 5.74) is 14.2. The van der Waals surface area contributed by atoms with Gasteiger partial charge in [0.15, 0.2) is 0 Å². The number of imidazole rings is 1. The number of primary amides is 1. The zero-order chi connectivity index (χ0) is 66.9. The monoisotopic (exact) mass is 1290 g/mol. The number of anilines is 2. The maximum absolute atomic E-state index is 13.9. The molecule has 94 heavy (non-hydrogen) atoms. The molecular weight excluding hydrogens is 1190 g/mol. The highest BCUT2D eigenvalue weighted by Gasteiger charge is 2.33. The number of rotatable bonds is 35. The Balaban J connectivity index is 0.751. The molecule has 25 nitrogen and oxygen atoms in total. The summed E-state index contributed by atoms with van der Waals surface area (Å²) in [5, 5.41) is 31.5. The van der Waals surface area contributed by atoms with Crippen LogP contribution in [0.5, 0.6) is 0 Å². The predicted molar refractivity (Wildman–Crippen MR) is 360 cm³/mol. The van der Waals surface area contributed by atoms with Crippen LogP contribution in [0, 0.1) is 5.92 Å². The first-order valence-corrected chi connectivity index (χ1v) is 33.3. The Morgan fingerprint density at radius 1 is 0.681 bits per heavy atom. The minimum Gasteiger partial charge on any atom is -0.450 e. The zero-order valence-electron chi connectivity index (χ0n) is 54.8. The van der Waals surface area contributed by atoms with Gasteiger partial charge in [-0.3, -0.25) is 38.4 Å². The maximum Gasteiger partial charge on any atom is 0.243 e. The molecule has 25 heteroatoms. The Kier molecular flexibility index (Phi) is 26.7. The number of unbranched alkanes of at least 4 members (excludes halogenated alkanes) is 1. The molecule has 502 valence electrons. The van der Waals surface area contributed by atoms with Crippen LogP contribution in [0.2, 0.25) is 0 Å². The molecule has 6 aromatic rings. The lowest BCUT2D eigenvalue weighted by atomic mass is 9.84. The van der Waals surface area contributed by atoms with Crippen molar-refractivity contribution < 1.29 is 42.9 Å². The van der Waals surface area contributed by atoms with Gasteiger partial charge in [0.1, 0.15) is 41.2 Å². The number of para-hydroxylation sites is 1. The number of aromatic nitrogens is 4. The quantitative estimate of drug-likeness (QED) is 0.0101. The van der Waals surface area contributed by atoms with Crippen LogP contribution >= 0.6 is 0 Å². The number of carbonyl (C=O) groups excluding carboxylic acids is 8. The summed E-state index contributed by atoms with van der Waals surface area (Å²) < 4.78 is 2.23. The third-order valence-electron chi connectivity index (χ3n) is 17.4. The Morgan fingerprint density at radius 3 is 2.06 bits per heavy atom. The van der Waals surface area contributed by atoms with Gasteiger partial charge in [0.2, 0.25) is 64.0 Å². The molecule has 6 atom stereocenters. The zero-order valence-corrected chi connectivity index (χ0v) is 54.8. The molecule has 2 aliphatic rings. The van der Waals surface area contributed by atoms with Crippen LogP contribution < -0.4 is 67.6 Å². The summed E-state index contributed by atoms with van der Waals surface area (Å²) >= 11 is 0. The van der Waals surface area contributed by atoms with E-state index in [9.17, 15) is 38.4 Å². The number of azo groups is 1. The summed E-state index contributed by atoms with van der Waals surface area (Å²) in [5.74, 6) is -4.14. The minimum atomic E-state index is -1.27. The second-order valence-corrected chi connectivity index (χ2v) is 24.4. The highest BCUT2D eigenvalue weighted by Crippen LogP contribution is 2.29. The van der Waals surface area contributed by atoms with Gasteiger partial charge in [-0.15, -0.1) is 4.57 Å². The fourth-order valence-electron chi connectivity index (χ4n) is 12.1. The van der Waals surface area contributed by atoms with Crippen molar-refractivity contribution >= 4 is 92.1 Å². The highest BCUT2D eigenvalue weighted by molar-refractivity contribution is 5.96. The third kappa shape index (κ3) is 20.6. The van der Waals surface area contributed by atoms with Gasteiger partial charge in [0.25, 0.3) is 0 Å². The molecule has 0 spiro atoms. The van der Waals surface area contributed by atoms with E-state index < -0.39 is 72.2 Å². The molecule has 0 bridgehead atoms. The van der Waals surface area contributed by atoms with E-state index in [-0.39, 0.29) is 43.0 Å². The van der Waals surface area contributed by atoms with Crippen molar-refractivity contribution in [1.29, 1.82) is 0 Å². The van der Waals surface area contributed by atoms with Crippen LogP contribution in [0.1, 0.15) is 130 Å². The van der Waals surface area contributed by atoms with Gasteiger partial charge in [-0.1, -0.05) is 81.9 Å². The van der Waals surface area contributed by atoms with Gasteiger partial charge in [0.05, 0.1) is 24.0 Å². The summed E-state index contributed by atoms with van der Waals surface area (Å²) in [6, 6.07) is 24.5. The van der Waals surface area contributed by atoms with E-state index in [2.05, 4.69) is 121 Å². The van der Waals surface area contributed by atoms with Crippen molar-refractivity contribution in [3.05, 3.63) is 109 Å². The maximum atomic E-state index is 13.9. The number of amides is 8. The van der Waals surface area contributed by atoms with Gasteiger partial charge in [-0.05, 0) is 140 Å². The second kappa shape index (κ2) is 35.6. The van der Waals surface area contributed by atoms with Crippen LogP contribution in [0.25, 0.3) is 27.8 Å². The second-order valence-electron chi connectivity index (χ2n) is 24.4. The van der Waals surface area contributed by atoms with Crippen LogP contribution in [0.4, 0.5) is 22.7 Å². The largest absolute Gasteiger partial charge is 0.450 e. The first-order valence-electron chi connectivity index (χ1n) is 33.3. The number of hydrogen-bond donors (Lipinski definition) is 9. The van der Waals surface area contributed by atoms with Crippen molar-refractivity contribution in [3.8, 4) is 5.69 Å². The van der Waals surface area contributed by atoms with Gasteiger partial charge >= 0.3 is 0 Å². The summed E-state index contributed by atoms with van der Waals surface area (Å²) in [4.78, 5) is 124. The van der Waals surface area contributed by atoms with E-state index in [1.54, 1.807) is 0 Å². The number of hydrogen-bond acceptors (Lipinski definition) is 15. The normalized spacial score (nSPS) is 15.7. The average molecular weight is 1290 g/mol. The molecule has 2 aromatic heterocycles. The lowest BCUT2D eigenvalue weighted by molar-refractivity contribution is -0.538. The Labute approximate surface area is 549 Å². The van der Waals surface area contributed by atoms with Gasteiger partial charge in [-0.2, -0.15) is 10.2 Å². The molecule has 10 N–H and O–H groups in total.